The smallest absolute Gasteiger partial charge is 0.402 e. The van der Waals surface area contributed by atoms with Crippen LogP contribution in [0.3, 0.4) is 0 Å². The molecule has 1 atom stereocenters. The molecule has 15 heavy (non-hydrogen) atoms. The molecular weight excluding hydrogens is 214 g/mol. The maximum atomic E-state index is 13.5. The van der Waals surface area contributed by atoms with Crippen molar-refractivity contribution < 1.29 is 27.9 Å². The van der Waals surface area contributed by atoms with Crippen LogP contribution >= 0.6 is 0 Å². The predicted molar refractivity (Wildman–Crippen MR) is 46.5 cm³/mol. The van der Waals surface area contributed by atoms with Crippen LogP contribution in [0.4, 0.5) is 13.2 Å². The quantitative estimate of drug-likeness (QED) is 0.539. The Bertz CT molecular complexity index is 228. The molecule has 0 aromatic rings. The van der Waals surface area contributed by atoms with E-state index in [0.29, 0.717) is 4.90 Å². The summed E-state index contributed by atoms with van der Waals surface area (Å²) in [5.74, 6) is 0. The average Bonchev–Trinajstić information content (AvgIpc) is 2.07. The molecule has 0 bridgehead atoms. The number of hydrogen-bond donors (Lipinski definition) is 2. The van der Waals surface area contributed by atoms with Crippen molar-refractivity contribution in [1.29, 1.82) is 0 Å². The maximum absolute atomic E-state index is 13.5. The summed E-state index contributed by atoms with van der Waals surface area (Å²) >= 11 is 0. The molecule has 4 nitrogen and oxygen atoms in total. The Kier molecular flexibility index (Phi) is 3.65. The van der Waals surface area contributed by atoms with Crippen LogP contribution in [0, 0.1) is 0 Å². The summed E-state index contributed by atoms with van der Waals surface area (Å²) < 4.78 is 44.5. The van der Waals surface area contributed by atoms with Gasteiger partial charge in [0.1, 0.15) is 0 Å². The van der Waals surface area contributed by atoms with Crippen molar-refractivity contribution in [3.05, 3.63) is 0 Å². The van der Waals surface area contributed by atoms with Gasteiger partial charge < -0.3 is 14.7 Å². The van der Waals surface area contributed by atoms with Gasteiger partial charge in [-0.05, 0) is 19.8 Å². The number of piperidine rings is 1. The van der Waals surface area contributed by atoms with Crippen LogP contribution in [0.15, 0.2) is 0 Å². The van der Waals surface area contributed by atoms with E-state index in [0.717, 1.165) is 6.92 Å². The van der Waals surface area contributed by atoms with Crippen molar-refractivity contribution in [3.63, 3.8) is 0 Å². The first kappa shape index (κ1) is 12.8. The zero-order valence-electron chi connectivity index (χ0n) is 8.29. The van der Waals surface area contributed by atoms with Gasteiger partial charge in [0.15, 0.2) is 5.67 Å². The first-order valence-electron chi connectivity index (χ1n) is 4.57. The lowest BCUT2D eigenvalue weighted by molar-refractivity contribution is -0.264. The molecule has 1 rings (SSSR count). The minimum Gasteiger partial charge on any atom is -0.402 e. The van der Waals surface area contributed by atoms with Crippen molar-refractivity contribution in [2.75, 3.05) is 13.3 Å². The topological polar surface area (TPSA) is 52.9 Å². The molecule has 1 saturated heterocycles. The molecule has 1 aliphatic rings. The first-order chi connectivity index (χ1) is 6.77. The highest BCUT2D eigenvalue weighted by Gasteiger charge is 2.57. The first-order valence-corrected chi connectivity index (χ1v) is 4.57. The highest BCUT2D eigenvalue weighted by Crippen LogP contribution is 2.42. The van der Waals surface area contributed by atoms with Crippen LogP contribution in [-0.4, -0.2) is 47.3 Å². The molecule has 2 N–H and O–H groups in total. The average molecular weight is 227 g/mol. The minimum absolute atomic E-state index is 0.0424. The highest BCUT2D eigenvalue weighted by molar-refractivity contribution is 6.32. The summed E-state index contributed by atoms with van der Waals surface area (Å²) in [6.07, 6.45) is 0.0473. The number of likely N-dealkylation sites (tertiary alicyclic amines) is 1. The second kappa shape index (κ2) is 4.29. The van der Waals surface area contributed by atoms with Gasteiger partial charge in [0.05, 0.1) is 6.73 Å². The third-order valence-electron chi connectivity index (χ3n) is 2.48. The Morgan fingerprint density at radius 1 is 1.40 bits per heavy atom. The molecule has 0 spiro atoms. The van der Waals surface area contributed by atoms with Crippen LogP contribution in [0.25, 0.3) is 0 Å². The molecule has 0 aromatic carbocycles. The Morgan fingerprint density at radius 2 is 2.00 bits per heavy atom. The summed E-state index contributed by atoms with van der Waals surface area (Å²) in [7, 11) is -2.13. The van der Waals surface area contributed by atoms with E-state index in [4.69, 9.17) is 10.0 Å². The summed E-state index contributed by atoms with van der Waals surface area (Å²) in [6.45, 7) is 0.0674. The molecule has 1 fully saturated rings. The summed E-state index contributed by atoms with van der Waals surface area (Å²) in [4.78, 5) is 0.454. The standard InChI is InChI=1S/C7H13BF3NO3/c1-6(9)3-2-4-12(7(6,10)11)5-15-8(13)14/h13-14H,2-5H2,1H3. The molecule has 1 aliphatic heterocycles. The Balaban J connectivity index is 2.63. The third kappa shape index (κ3) is 2.63. The SMILES string of the molecule is CC1(F)CCCN(COB(O)O)C1(F)F. The van der Waals surface area contributed by atoms with E-state index in [1.54, 1.807) is 0 Å². The maximum Gasteiger partial charge on any atom is 0.634 e. The van der Waals surface area contributed by atoms with Crippen LogP contribution in [0.5, 0.6) is 0 Å². The van der Waals surface area contributed by atoms with Crippen LogP contribution < -0.4 is 0 Å². The van der Waals surface area contributed by atoms with E-state index in [1.807, 2.05) is 0 Å². The fourth-order valence-corrected chi connectivity index (χ4v) is 1.52. The Labute approximate surface area is 85.8 Å². The second-order valence-corrected chi connectivity index (χ2v) is 3.73. The molecule has 1 heterocycles. The van der Waals surface area contributed by atoms with E-state index in [2.05, 4.69) is 4.65 Å². The summed E-state index contributed by atoms with van der Waals surface area (Å²) in [6, 6.07) is -3.65. The predicted octanol–water partition coefficient (Wildman–Crippen LogP) is 0.347. The zero-order chi connectivity index (χ0) is 11.7. The minimum atomic E-state index is -3.65. The van der Waals surface area contributed by atoms with Gasteiger partial charge in [0, 0.05) is 6.54 Å². The summed E-state index contributed by atoms with van der Waals surface area (Å²) in [5, 5.41) is 16.7. The zero-order valence-corrected chi connectivity index (χ0v) is 8.29. The van der Waals surface area contributed by atoms with Gasteiger partial charge >= 0.3 is 13.4 Å². The van der Waals surface area contributed by atoms with E-state index in [9.17, 15) is 13.2 Å². The van der Waals surface area contributed by atoms with Gasteiger partial charge in [-0.1, -0.05) is 0 Å². The Morgan fingerprint density at radius 3 is 2.53 bits per heavy atom. The molecule has 0 amide bonds. The fourth-order valence-electron chi connectivity index (χ4n) is 1.52. The molecular formula is C7H13BF3NO3. The van der Waals surface area contributed by atoms with Gasteiger partial charge in [-0.25, -0.2) is 9.29 Å². The molecule has 0 radical (unpaired) electrons. The third-order valence-corrected chi connectivity index (χ3v) is 2.48. The van der Waals surface area contributed by atoms with Gasteiger partial charge in [0.2, 0.25) is 0 Å². The van der Waals surface area contributed by atoms with Crippen molar-refractivity contribution in [3.8, 4) is 0 Å². The van der Waals surface area contributed by atoms with Gasteiger partial charge in [0.25, 0.3) is 0 Å². The molecule has 8 heteroatoms. The molecule has 88 valence electrons. The largest absolute Gasteiger partial charge is 0.634 e. The fraction of sp³-hybridized carbons (Fsp3) is 1.00. The van der Waals surface area contributed by atoms with Crippen molar-refractivity contribution in [2.24, 2.45) is 0 Å². The van der Waals surface area contributed by atoms with Gasteiger partial charge in [-0.2, -0.15) is 8.78 Å². The summed E-state index contributed by atoms with van der Waals surface area (Å²) in [5.41, 5.74) is -2.62. The van der Waals surface area contributed by atoms with Crippen molar-refractivity contribution in [1.82, 2.24) is 4.90 Å². The molecule has 0 saturated carbocycles. The van der Waals surface area contributed by atoms with Gasteiger partial charge in [-0.15, -0.1) is 0 Å². The van der Waals surface area contributed by atoms with Gasteiger partial charge in [-0.3, -0.25) is 0 Å². The number of hydrogen-bond acceptors (Lipinski definition) is 4. The van der Waals surface area contributed by atoms with Crippen molar-refractivity contribution in [2.45, 2.75) is 31.5 Å². The molecule has 1 unspecified atom stereocenters. The molecule has 0 aromatic heterocycles. The lowest BCUT2D eigenvalue weighted by atomic mass is 9.94. The van der Waals surface area contributed by atoms with E-state index >= 15 is 0 Å². The monoisotopic (exact) mass is 227 g/mol. The highest BCUT2D eigenvalue weighted by atomic mass is 19.3. The van der Waals surface area contributed by atoms with Crippen molar-refractivity contribution >= 4 is 7.32 Å². The van der Waals surface area contributed by atoms with Crippen LogP contribution in [-0.2, 0) is 4.65 Å². The van der Waals surface area contributed by atoms with E-state index in [1.165, 1.54) is 0 Å². The van der Waals surface area contributed by atoms with E-state index < -0.39 is 25.8 Å². The number of halogens is 3. The number of rotatable bonds is 3. The lowest BCUT2D eigenvalue weighted by Crippen LogP contribution is -2.59. The number of alkyl halides is 3. The Hall–Kier alpha value is -0.305. The normalized spacial score (nSPS) is 31.6. The van der Waals surface area contributed by atoms with Crippen LogP contribution in [0.1, 0.15) is 19.8 Å². The number of nitrogens with zero attached hydrogens (tertiary/aromatic N) is 1. The van der Waals surface area contributed by atoms with Crippen LogP contribution in [0.2, 0.25) is 0 Å². The molecule has 0 aliphatic carbocycles. The lowest BCUT2D eigenvalue weighted by Gasteiger charge is -2.42. The second-order valence-electron chi connectivity index (χ2n) is 3.73. The van der Waals surface area contributed by atoms with E-state index in [-0.39, 0.29) is 19.4 Å².